The molecule has 1 aliphatic carbocycles. The van der Waals surface area contributed by atoms with Crippen LogP contribution in [0.2, 0.25) is 0 Å². The van der Waals surface area contributed by atoms with Crippen molar-refractivity contribution < 1.29 is 4.79 Å². The van der Waals surface area contributed by atoms with Crippen LogP contribution < -0.4 is 0 Å². The molecule has 1 aromatic rings. The Morgan fingerprint density at radius 1 is 1.00 bits per heavy atom. The molecular weight excluding hydrogens is 196 g/mol. The van der Waals surface area contributed by atoms with E-state index >= 15 is 0 Å². The first-order chi connectivity index (χ1) is 6.80. The Morgan fingerprint density at radius 2 is 1.29 bits per heavy atom. The van der Waals surface area contributed by atoms with Gasteiger partial charge in [-0.1, -0.05) is 50.2 Å². The number of benzene rings is 1. The van der Waals surface area contributed by atoms with Crippen LogP contribution in [0.25, 0.3) is 0 Å². The van der Waals surface area contributed by atoms with Gasteiger partial charge in [0.15, 0.2) is 0 Å². The quantitative estimate of drug-likeness (QED) is 0.646. The summed E-state index contributed by atoms with van der Waals surface area (Å²) in [5, 5.41) is -0.157. The molecule has 0 atom stereocenters. The summed E-state index contributed by atoms with van der Waals surface area (Å²) >= 11 is 5.04. The Bertz CT molecular complexity index is 203. The van der Waals surface area contributed by atoms with Gasteiger partial charge in [-0.05, 0) is 24.4 Å². The van der Waals surface area contributed by atoms with E-state index in [1.165, 1.54) is 0 Å². The van der Waals surface area contributed by atoms with Crippen molar-refractivity contribution in [3.8, 4) is 0 Å². The van der Waals surface area contributed by atoms with Gasteiger partial charge in [0.25, 0.3) is 0 Å². The van der Waals surface area contributed by atoms with Crippen molar-refractivity contribution in [2.75, 3.05) is 0 Å². The van der Waals surface area contributed by atoms with E-state index in [9.17, 15) is 4.79 Å². The van der Waals surface area contributed by atoms with Gasteiger partial charge < -0.3 is 0 Å². The summed E-state index contributed by atoms with van der Waals surface area (Å²) < 4.78 is 0. The molecule has 0 radical (unpaired) electrons. The number of rotatable bonds is 1. The topological polar surface area (TPSA) is 17.1 Å². The highest BCUT2D eigenvalue weighted by atomic mass is 35.5. The fraction of sp³-hybridized carbons (Fsp3) is 0.417. The molecule has 0 bridgehead atoms. The first-order valence-electron chi connectivity index (χ1n) is 5.00. The van der Waals surface area contributed by atoms with Crippen molar-refractivity contribution >= 4 is 16.8 Å². The lowest BCUT2D eigenvalue weighted by atomic mass is 10.4. The molecule has 0 heterocycles. The monoisotopic (exact) mass is 212 g/mol. The predicted octanol–water partition coefficient (Wildman–Crippen LogP) is 3.87. The van der Waals surface area contributed by atoms with Crippen LogP contribution in [0.15, 0.2) is 36.4 Å². The second kappa shape index (κ2) is 8.76. The maximum absolute atomic E-state index is 9.97. The molecule has 0 aromatic heterocycles. The van der Waals surface area contributed by atoms with Crippen LogP contribution in [-0.4, -0.2) is 5.24 Å². The van der Waals surface area contributed by atoms with Gasteiger partial charge in [-0.15, -0.1) is 0 Å². The standard InChI is InChI=1S/C6H6.C4H5ClO.C2H6/c1-2-4-6-5-3-1;5-4(6)3-1-2-3;1-2/h1-6H;3H,1-2H2;1-2H3. The van der Waals surface area contributed by atoms with Gasteiger partial charge in [0.05, 0.1) is 0 Å². The highest BCUT2D eigenvalue weighted by Gasteiger charge is 2.27. The lowest BCUT2D eigenvalue weighted by Gasteiger charge is -1.72. The molecule has 1 saturated carbocycles. The number of carbonyl (C=O) groups excluding carboxylic acids is 1. The van der Waals surface area contributed by atoms with Gasteiger partial charge in [-0.2, -0.15) is 0 Å². The maximum Gasteiger partial charge on any atom is 0.224 e. The number of carbonyl (C=O) groups is 1. The highest BCUT2D eigenvalue weighted by molar-refractivity contribution is 6.64. The average Bonchev–Trinajstić information content (AvgIpc) is 3.08. The molecular formula is C12H17ClO. The largest absolute Gasteiger partial charge is 0.281 e. The van der Waals surface area contributed by atoms with E-state index in [1.807, 2.05) is 50.2 Å². The summed E-state index contributed by atoms with van der Waals surface area (Å²) in [6.45, 7) is 4.00. The molecule has 0 spiro atoms. The maximum atomic E-state index is 9.97. The third kappa shape index (κ3) is 7.81. The Kier molecular flexibility index (Phi) is 8.25. The van der Waals surface area contributed by atoms with Crippen molar-refractivity contribution in [1.82, 2.24) is 0 Å². The first kappa shape index (κ1) is 13.2. The van der Waals surface area contributed by atoms with Gasteiger partial charge in [-0.3, -0.25) is 4.79 Å². The zero-order valence-electron chi connectivity index (χ0n) is 8.74. The fourth-order valence-corrected chi connectivity index (χ4v) is 0.913. The van der Waals surface area contributed by atoms with E-state index < -0.39 is 0 Å². The predicted molar refractivity (Wildman–Crippen MR) is 61.4 cm³/mol. The Balaban J connectivity index is 0.000000206. The van der Waals surface area contributed by atoms with Gasteiger partial charge in [0, 0.05) is 5.92 Å². The molecule has 1 aromatic carbocycles. The van der Waals surface area contributed by atoms with Crippen molar-refractivity contribution in [2.24, 2.45) is 5.92 Å². The Hall–Kier alpha value is -0.820. The van der Waals surface area contributed by atoms with Crippen molar-refractivity contribution in [3.05, 3.63) is 36.4 Å². The number of hydrogen-bond donors (Lipinski definition) is 0. The number of halogens is 1. The molecule has 2 heteroatoms. The lowest BCUT2D eigenvalue weighted by Crippen LogP contribution is -1.83. The van der Waals surface area contributed by atoms with Crippen LogP contribution in [0.5, 0.6) is 0 Å². The molecule has 0 saturated heterocycles. The molecule has 78 valence electrons. The molecule has 0 aliphatic heterocycles. The van der Waals surface area contributed by atoms with Crippen molar-refractivity contribution in [1.29, 1.82) is 0 Å². The molecule has 1 fully saturated rings. The van der Waals surface area contributed by atoms with E-state index in [-0.39, 0.29) is 11.2 Å². The SMILES string of the molecule is CC.O=C(Cl)C1CC1.c1ccccc1. The summed E-state index contributed by atoms with van der Waals surface area (Å²) in [6, 6.07) is 12.0. The first-order valence-corrected chi connectivity index (χ1v) is 5.38. The van der Waals surface area contributed by atoms with Gasteiger partial charge in [0.2, 0.25) is 5.24 Å². The lowest BCUT2D eigenvalue weighted by molar-refractivity contribution is -0.112. The van der Waals surface area contributed by atoms with Gasteiger partial charge in [0.1, 0.15) is 0 Å². The van der Waals surface area contributed by atoms with E-state index in [4.69, 9.17) is 11.6 Å². The number of hydrogen-bond acceptors (Lipinski definition) is 1. The van der Waals surface area contributed by atoms with E-state index in [2.05, 4.69) is 0 Å². The van der Waals surface area contributed by atoms with Crippen LogP contribution in [0.1, 0.15) is 26.7 Å². The minimum Gasteiger partial charge on any atom is -0.281 e. The Labute approximate surface area is 91.1 Å². The average molecular weight is 213 g/mol. The third-order valence-corrected chi connectivity index (χ3v) is 1.87. The molecule has 0 amide bonds. The highest BCUT2D eigenvalue weighted by Crippen LogP contribution is 2.30. The molecule has 1 aliphatic rings. The third-order valence-electron chi connectivity index (χ3n) is 1.56. The summed E-state index contributed by atoms with van der Waals surface area (Å²) in [7, 11) is 0. The zero-order chi connectivity index (χ0) is 10.8. The zero-order valence-corrected chi connectivity index (χ0v) is 9.50. The summed E-state index contributed by atoms with van der Waals surface area (Å²) in [6.07, 6.45) is 2.03. The normalized spacial score (nSPS) is 12.8. The molecule has 0 unspecified atom stereocenters. The van der Waals surface area contributed by atoms with Crippen molar-refractivity contribution in [2.45, 2.75) is 26.7 Å². The van der Waals surface area contributed by atoms with E-state index in [1.54, 1.807) is 0 Å². The summed E-state index contributed by atoms with van der Waals surface area (Å²) in [5.41, 5.74) is 0. The van der Waals surface area contributed by atoms with Crippen LogP contribution >= 0.6 is 11.6 Å². The molecule has 0 N–H and O–H groups in total. The van der Waals surface area contributed by atoms with Gasteiger partial charge >= 0.3 is 0 Å². The van der Waals surface area contributed by atoms with Crippen molar-refractivity contribution in [3.63, 3.8) is 0 Å². The van der Waals surface area contributed by atoms with E-state index in [0.717, 1.165) is 12.8 Å². The molecule has 14 heavy (non-hydrogen) atoms. The van der Waals surface area contributed by atoms with E-state index in [0.29, 0.717) is 0 Å². The van der Waals surface area contributed by atoms with Gasteiger partial charge in [-0.25, -0.2) is 0 Å². The Morgan fingerprint density at radius 3 is 1.36 bits per heavy atom. The summed E-state index contributed by atoms with van der Waals surface area (Å²) in [5.74, 6) is 0.228. The smallest absolute Gasteiger partial charge is 0.224 e. The van der Waals surface area contributed by atoms with Crippen LogP contribution in [0.3, 0.4) is 0 Å². The second-order valence-electron chi connectivity index (χ2n) is 2.73. The molecule has 1 nitrogen and oxygen atoms in total. The van der Waals surface area contributed by atoms with Crippen LogP contribution in [-0.2, 0) is 4.79 Å². The van der Waals surface area contributed by atoms with Crippen LogP contribution in [0, 0.1) is 5.92 Å². The minimum absolute atomic E-state index is 0.157. The van der Waals surface area contributed by atoms with Crippen LogP contribution in [0.4, 0.5) is 0 Å². The fourth-order valence-electron chi connectivity index (χ4n) is 0.695. The molecule has 2 rings (SSSR count). The minimum atomic E-state index is -0.157. The summed E-state index contributed by atoms with van der Waals surface area (Å²) in [4.78, 5) is 9.97. The second-order valence-corrected chi connectivity index (χ2v) is 3.11.